The Bertz CT molecular complexity index is 1520. The molecular weight excluding hydrogens is 428 g/mol. The fourth-order valence-corrected chi connectivity index (χ4v) is 4.88. The summed E-state index contributed by atoms with van der Waals surface area (Å²) in [7, 11) is 0. The number of nitrogens with zero attached hydrogens (tertiary/aromatic N) is 4. The number of rotatable bonds is 4. The largest absolute Gasteiger partial charge is 0.389 e. The van der Waals surface area contributed by atoms with Gasteiger partial charge in [0.05, 0.1) is 41.7 Å². The molecule has 5 aromatic rings. The molecule has 1 N–H and O–H groups in total. The fourth-order valence-electron chi connectivity index (χ4n) is 4.88. The normalized spacial score (nSPS) is 18.5. The lowest BCUT2D eigenvalue weighted by molar-refractivity contribution is -0.0395. The third-order valence-corrected chi connectivity index (χ3v) is 6.63. The van der Waals surface area contributed by atoms with E-state index in [1.54, 1.807) is 17.1 Å². The monoisotopic (exact) mass is 452 g/mol. The smallest absolute Gasteiger partial charge is 0.261 e. The zero-order chi connectivity index (χ0) is 23.1. The molecule has 1 saturated heterocycles. The van der Waals surface area contributed by atoms with E-state index in [9.17, 15) is 9.90 Å². The van der Waals surface area contributed by atoms with Gasteiger partial charge in [0.15, 0.2) is 0 Å². The first kappa shape index (κ1) is 20.8. The second-order valence-electron chi connectivity index (χ2n) is 8.73. The van der Waals surface area contributed by atoms with Crippen LogP contribution in [0.3, 0.4) is 0 Å². The molecule has 7 nitrogen and oxygen atoms in total. The molecule has 2 aromatic heterocycles. The van der Waals surface area contributed by atoms with Crippen LogP contribution in [-0.4, -0.2) is 43.8 Å². The lowest BCUT2D eigenvalue weighted by Gasteiger charge is -2.29. The molecule has 170 valence electrons. The van der Waals surface area contributed by atoms with E-state index < -0.39 is 6.10 Å². The van der Waals surface area contributed by atoms with Gasteiger partial charge in [-0.25, -0.2) is 9.67 Å². The molecule has 3 aromatic carbocycles. The first-order chi connectivity index (χ1) is 16.7. The zero-order valence-corrected chi connectivity index (χ0v) is 18.5. The van der Waals surface area contributed by atoms with Gasteiger partial charge in [-0.15, -0.1) is 0 Å². The number of hydrogen-bond acceptors (Lipinski definition) is 5. The molecule has 0 amide bonds. The van der Waals surface area contributed by atoms with Crippen molar-refractivity contribution in [2.45, 2.75) is 25.0 Å². The second-order valence-corrected chi connectivity index (χ2v) is 8.73. The molecule has 7 heteroatoms. The second kappa shape index (κ2) is 8.52. The summed E-state index contributed by atoms with van der Waals surface area (Å²) in [6, 6.07) is 19.9. The highest BCUT2D eigenvalue weighted by molar-refractivity contribution is 6.06. The number of aliphatic hydroxyl groups excluding tert-OH is 1. The highest BCUT2D eigenvalue weighted by atomic mass is 16.5. The Labute approximate surface area is 195 Å². The topological polar surface area (TPSA) is 82.2 Å². The van der Waals surface area contributed by atoms with E-state index in [1.165, 1.54) is 0 Å². The summed E-state index contributed by atoms with van der Waals surface area (Å²) in [4.78, 5) is 18.2. The maximum Gasteiger partial charge on any atom is 0.261 e. The van der Waals surface area contributed by atoms with Crippen LogP contribution in [0, 0.1) is 0 Å². The van der Waals surface area contributed by atoms with Crippen LogP contribution in [0.1, 0.15) is 23.6 Å². The molecule has 1 aliphatic heterocycles. The van der Waals surface area contributed by atoms with Gasteiger partial charge in [-0.05, 0) is 53.6 Å². The van der Waals surface area contributed by atoms with Gasteiger partial charge in [0.2, 0.25) is 0 Å². The van der Waals surface area contributed by atoms with Crippen molar-refractivity contribution < 1.29 is 9.84 Å². The predicted octanol–water partition coefficient (Wildman–Crippen LogP) is 3.65. The fraction of sp³-hybridized carbons (Fsp3) is 0.222. The van der Waals surface area contributed by atoms with Crippen molar-refractivity contribution in [2.24, 2.45) is 0 Å². The van der Waals surface area contributed by atoms with Crippen molar-refractivity contribution in [2.75, 3.05) is 13.2 Å². The van der Waals surface area contributed by atoms with Crippen molar-refractivity contribution in [3.8, 4) is 5.69 Å². The highest BCUT2D eigenvalue weighted by Gasteiger charge is 2.27. The van der Waals surface area contributed by atoms with Crippen LogP contribution < -0.4 is 5.56 Å². The lowest BCUT2D eigenvalue weighted by atomic mass is 9.95. The van der Waals surface area contributed by atoms with E-state index in [0.29, 0.717) is 30.4 Å². The molecule has 2 atom stereocenters. The van der Waals surface area contributed by atoms with Crippen LogP contribution in [0.4, 0.5) is 0 Å². The number of fused-ring (bicyclic) bond motifs is 3. The number of aliphatic hydroxyl groups is 1. The van der Waals surface area contributed by atoms with E-state index in [0.717, 1.165) is 27.6 Å². The number of hydrogen-bond donors (Lipinski definition) is 1. The van der Waals surface area contributed by atoms with E-state index in [4.69, 9.17) is 4.74 Å². The Kier molecular flexibility index (Phi) is 5.20. The van der Waals surface area contributed by atoms with Crippen LogP contribution in [0.15, 0.2) is 84.2 Å². The van der Waals surface area contributed by atoms with Crippen LogP contribution >= 0.6 is 0 Å². The van der Waals surface area contributed by atoms with Gasteiger partial charge in [-0.3, -0.25) is 9.36 Å². The minimum Gasteiger partial charge on any atom is -0.389 e. The summed E-state index contributed by atoms with van der Waals surface area (Å²) in [5.41, 5.74) is 3.77. The molecule has 1 fully saturated rings. The molecule has 0 aliphatic carbocycles. The molecule has 6 rings (SSSR count). The standard InChI is InChI=1S/C27H24N4O3/c32-25-16-34-13-10-24(25)30-17-28-26-22-5-2-1-4-21(22)19(15-23(26)27(30)33)14-18-6-8-20(9-7-18)31-12-3-11-29-31/h1-9,11-12,15,17,24-25,32H,10,13-14,16H2. The van der Waals surface area contributed by atoms with Gasteiger partial charge < -0.3 is 9.84 Å². The minimum absolute atomic E-state index is 0.128. The van der Waals surface area contributed by atoms with Gasteiger partial charge in [-0.1, -0.05) is 36.4 Å². The van der Waals surface area contributed by atoms with Crippen LogP contribution in [0.5, 0.6) is 0 Å². The third-order valence-electron chi connectivity index (χ3n) is 6.63. The SMILES string of the molecule is O=c1c2cc(Cc3ccc(-n4cccn4)cc3)c3ccccc3c2ncn1C1CCOCC1O. The minimum atomic E-state index is -0.723. The quantitative estimate of drug-likeness (QED) is 0.421. The van der Waals surface area contributed by atoms with E-state index in [-0.39, 0.29) is 18.2 Å². The summed E-state index contributed by atoms with van der Waals surface area (Å²) in [5.74, 6) is 0. The van der Waals surface area contributed by atoms with Crippen molar-refractivity contribution >= 4 is 21.7 Å². The summed E-state index contributed by atoms with van der Waals surface area (Å²) in [6.45, 7) is 0.746. The molecule has 34 heavy (non-hydrogen) atoms. The van der Waals surface area contributed by atoms with Gasteiger partial charge in [0, 0.05) is 24.4 Å². The van der Waals surface area contributed by atoms with Crippen LogP contribution in [0.25, 0.3) is 27.4 Å². The molecule has 1 aliphatic rings. The number of ether oxygens (including phenoxy) is 1. The molecule has 0 spiro atoms. The Balaban J connectivity index is 1.45. The highest BCUT2D eigenvalue weighted by Crippen LogP contribution is 2.29. The van der Waals surface area contributed by atoms with Crippen LogP contribution in [0.2, 0.25) is 0 Å². The first-order valence-electron chi connectivity index (χ1n) is 11.5. The summed E-state index contributed by atoms with van der Waals surface area (Å²) < 4.78 is 8.75. The van der Waals surface area contributed by atoms with E-state index >= 15 is 0 Å². The molecule has 0 radical (unpaired) electrons. The molecule has 2 unspecified atom stereocenters. The summed E-state index contributed by atoms with van der Waals surface area (Å²) in [6.07, 6.45) is 5.79. The maximum absolute atomic E-state index is 13.6. The molecule has 0 bridgehead atoms. The molecule has 3 heterocycles. The zero-order valence-electron chi connectivity index (χ0n) is 18.5. The average Bonchev–Trinajstić information content (AvgIpc) is 3.41. The van der Waals surface area contributed by atoms with Crippen molar-refractivity contribution in [1.82, 2.24) is 19.3 Å². The van der Waals surface area contributed by atoms with E-state index in [1.807, 2.05) is 53.3 Å². The van der Waals surface area contributed by atoms with Gasteiger partial charge >= 0.3 is 0 Å². The number of aromatic nitrogens is 4. The Morgan fingerprint density at radius 3 is 2.62 bits per heavy atom. The molecular formula is C27H24N4O3. The average molecular weight is 453 g/mol. The third kappa shape index (κ3) is 3.59. The van der Waals surface area contributed by atoms with Crippen molar-refractivity contribution in [1.29, 1.82) is 0 Å². The maximum atomic E-state index is 13.6. The van der Waals surface area contributed by atoms with Crippen molar-refractivity contribution in [3.05, 3.63) is 101 Å². The lowest BCUT2D eigenvalue weighted by Crippen LogP contribution is -2.39. The summed E-state index contributed by atoms with van der Waals surface area (Å²) in [5, 5.41) is 17.3. The summed E-state index contributed by atoms with van der Waals surface area (Å²) >= 11 is 0. The van der Waals surface area contributed by atoms with Crippen molar-refractivity contribution in [3.63, 3.8) is 0 Å². The predicted molar refractivity (Wildman–Crippen MR) is 130 cm³/mol. The Hall–Kier alpha value is -3.81. The van der Waals surface area contributed by atoms with Crippen LogP contribution in [-0.2, 0) is 11.2 Å². The Morgan fingerprint density at radius 1 is 1.03 bits per heavy atom. The first-order valence-corrected chi connectivity index (χ1v) is 11.5. The number of benzene rings is 3. The van der Waals surface area contributed by atoms with Gasteiger partial charge in [0.1, 0.15) is 0 Å². The van der Waals surface area contributed by atoms with E-state index in [2.05, 4.69) is 28.3 Å². The van der Waals surface area contributed by atoms with Gasteiger partial charge in [-0.2, -0.15) is 5.10 Å². The molecule has 0 saturated carbocycles. The van der Waals surface area contributed by atoms with Gasteiger partial charge in [0.25, 0.3) is 5.56 Å². The Morgan fingerprint density at radius 2 is 1.85 bits per heavy atom.